The Hall–Kier alpha value is -0.720. The molecule has 0 amide bonds. The highest BCUT2D eigenvalue weighted by Crippen LogP contribution is 2.27. The van der Waals surface area contributed by atoms with Crippen LogP contribution in [0.25, 0.3) is 0 Å². The highest BCUT2D eigenvalue weighted by Gasteiger charge is 2.19. The van der Waals surface area contributed by atoms with Crippen LogP contribution in [0.15, 0.2) is 0 Å². The molecule has 8 heteroatoms. The second-order valence-electron chi connectivity index (χ2n) is 2.46. The number of aromatic nitrogens is 2. The number of hydrogen-bond acceptors (Lipinski definition) is 4. The molecule has 0 saturated heterocycles. The molecule has 1 N–H and O–H groups in total. The van der Waals surface area contributed by atoms with Crippen LogP contribution in [0, 0.1) is 14.9 Å². The second kappa shape index (κ2) is 6.71. The number of hydrogen-bond donors (Lipinski definition) is 1. The zero-order chi connectivity index (χ0) is 12.0. The molecule has 15 heavy (non-hydrogen) atoms. The van der Waals surface area contributed by atoms with Crippen molar-refractivity contribution < 1.29 is 4.92 Å². The zero-order valence-electron chi connectivity index (χ0n) is 8.08. The third kappa shape index (κ3) is 4.55. The third-order valence-corrected chi connectivity index (χ3v) is 1.73. The molecule has 1 heterocycles. The molecular weight excluding hydrogens is 261 g/mol. The first-order valence-corrected chi connectivity index (χ1v) is 5.20. The highest BCUT2D eigenvalue weighted by molar-refractivity contribution is 7.71. The van der Waals surface area contributed by atoms with E-state index in [0.717, 1.165) is 0 Å². The fraction of sp³-hybridized carbons (Fsp3) is 0.429. The van der Waals surface area contributed by atoms with E-state index in [-0.39, 0.29) is 15.1 Å². The summed E-state index contributed by atoms with van der Waals surface area (Å²) in [6, 6.07) is 0. The van der Waals surface area contributed by atoms with E-state index in [9.17, 15) is 10.1 Å². The lowest BCUT2D eigenvalue weighted by Gasteiger charge is -1.95. The van der Waals surface area contributed by atoms with Crippen LogP contribution in [-0.2, 0) is 0 Å². The molecule has 0 saturated carbocycles. The molecule has 0 aliphatic heterocycles. The van der Waals surface area contributed by atoms with Crippen molar-refractivity contribution in [3.05, 3.63) is 25.2 Å². The van der Waals surface area contributed by atoms with E-state index in [1.165, 1.54) is 6.42 Å². The van der Waals surface area contributed by atoms with Crippen molar-refractivity contribution in [2.24, 2.45) is 0 Å². The van der Waals surface area contributed by atoms with Gasteiger partial charge in [-0.2, -0.15) is 0 Å². The molecule has 0 aromatic carbocycles. The summed E-state index contributed by atoms with van der Waals surface area (Å²) in [5, 5.41) is 9.77. The summed E-state index contributed by atoms with van der Waals surface area (Å²) in [4.78, 5) is 15.3. The molecule has 1 aromatic heterocycles. The second-order valence-corrected chi connectivity index (χ2v) is 3.58. The Labute approximate surface area is 102 Å². The maximum Gasteiger partial charge on any atom is 0.341 e. The van der Waals surface area contributed by atoms with Crippen molar-refractivity contribution in [2.75, 3.05) is 0 Å². The van der Waals surface area contributed by atoms with Crippen LogP contribution < -0.4 is 0 Å². The fourth-order valence-corrected chi connectivity index (χ4v) is 1.41. The molecular formula is C7H9Cl2N3O2S. The van der Waals surface area contributed by atoms with Gasteiger partial charge >= 0.3 is 5.69 Å². The standard InChI is InChI=1S/C4HCl2N3O2S.C3H8/c5-2-1(9(10)11)3(6)8-4(12)7-2;1-3-2/h(H,7,8,12);3H2,1-2H3. The number of H-pyrrole nitrogens is 1. The van der Waals surface area contributed by atoms with E-state index in [0.29, 0.717) is 0 Å². The largest absolute Gasteiger partial charge is 0.341 e. The van der Waals surface area contributed by atoms with Gasteiger partial charge in [0.1, 0.15) is 0 Å². The van der Waals surface area contributed by atoms with Crippen LogP contribution in [-0.4, -0.2) is 14.9 Å². The fourth-order valence-electron chi connectivity index (χ4n) is 0.569. The predicted molar refractivity (Wildman–Crippen MR) is 62.1 cm³/mol. The van der Waals surface area contributed by atoms with E-state index in [4.69, 9.17) is 23.2 Å². The number of aromatic amines is 1. The van der Waals surface area contributed by atoms with Crippen molar-refractivity contribution in [2.45, 2.75) is 20.3 Å². The van der Waals surface area contributed by atoms with Gasteiger partial charge < -0.3 is 4.98 Å². The van der Waals surface area contributed by atoms with Crippen molar-refractivity contribution in [3.63, 3.8) is 0 Å². The Bertz CT molecular complexity index is 381. The van der Waals surface area contributed by atoms with Crippen LogP contribution in [0.4, 0.5) is 5.69 Å². The minimum Gasteiger partial charge on any atom is -0.316 e. The number of halogens is 2. The quantitative estimate of drug-likeness (QED) is 0.365. The first kappa shape index (κ1) is 14.3. The minimum atomic E-state index is -0.733. The smallest absolute Gasteiger partial charge is 0.316 e. The molecule has 0 spiro atoms. The minimum absolute atomic E-state index is 0.00981. The Morgan fingerprint density at radius 3 is 2.33 bits per heavy atom. The Morgan fingerprint density at radius 2 is 2.00 bits per heavy atom. The summed E-state index contributed by atoms with van der Waals surface area (Å²) in [6.45, 7) is 4.25. The Morgan fingerprint density at radius 1 is 1.53 bits per heavy atom. The third-order valence-electron chi connectivity index (χ3n) is 1.00. The highest BCUT2D eigenvalue weighted by atomic mass is 35.5. The van der Waals surface area contributed by atoms with E-state index in [2.05, 4.69) is 36.0 Å². The molecule has 84 valence electrons. The first-order chi connectivity index (χ1) is 6.93. The molecule has 0 bridgehead atoms. The number of nitro groups is 1. The molecule has 0 aliphatic carbocycles. The van der Waals surface area contributed by atoms with Gasteiger partial charge in [-0.1, -0.05) is 43.5 Å². The van der Waals surface area contributed by atoms with Crippen molar-refractivity contribution in [1.29, 1.82) is 0 Å². The summed E-state index contributed by atoms with van der Waals surface area (Å²) >= 11 is 15.4. The lowest BCUT2D eigenvalue weighted by molar-refractivity contribution is -0.385. The molecule has 0 radical (unpaired) electrons. The monoisotopic (exact) mass is 269 g/mol. The number of nitrogens with one attached hydrogen (secondary N) is 1. The van der Waals surface area contributed by atoms with Crippen molar-refractivity contribution >= 4 is 41.1 Å². The lowest BCUT2D eigenvalue weighted by Crippen LogP contribution is -1.95. The van der Waals surface area contributed by atoms with Gasteiger partial charge in [0.05, 0.1) is 4.92 Å². The van der Waals surface area contributed by atoms with Gasteiger partial charge in [0.15, 0.2) is 9.92 Å². The molecule has 5 nitrogen and oxygen atoms in total. The van der Waals surface area contributed by atoms with Gasteiger partial charge in [0.2, 0.25) is 5.15 Å². The van der Waals surface area contributed by atoms with Gasteiger partial charge in [-0.3, -0.25) is 10.1 Å². The van der Waals surface area contributed by atoms with Crippen molar-refractivity contribution in [1.82, 2.24) is 9.97 Å². The maximum atomic E-state index is 10.3. The summed E-state index contributed by atoms with van der Waals surface area (Å²) in [7, 11) is 0. The normalized spacial score (nSPS) is 9.07. The van der Waals surface area contributed by atoms with Crippen LogP contribution in [0.2, 0.25) is 10.3 Å². The summed E-state index contributed by atoms with van der Waals surface area (Å²) < 4.78 is 0.00981. The predicted octanol–water partition coefficient (Wildman–Crippen LogP) is 3.77. The summed E-state index contributed by atoms with van der Waals surface area (Å²) in [5.74, 6) is 0. The average molecular weight is 270 g/mol. The summed E-state index contributed by atoms with van der Waals surface area (Å²) in [5.41, 5.74) is -0.466. The zero-order valence-corrected chi connectivity index (χ0v) is 10.4. The van der Waals surface area contributed by atoms with Crippen LogP contribution in [0.5, 0.6) is 0 Å². The number of nitrogens with zero attached hydrogens (tertiary/aromatic N) is 2. The molecule has 0 fully saturated rings. The Kier molecular flexibility index (Phi) is 6.38. The van der Waals surface area contributed by atoms with Gasteiger partial charge in [-0.25, -0.2) is 4.98 Å². The van der Waals surface area contributed by atoms with Gasteiger partial charge in [-0.15, -0.1) is 0 Å². The summed E-state index contributed by atoms with van der Waals surface area (Å²) in [6.07, 6.45) is 1.25. The van der Waals surface area contributed by atoms with E-state index >= 15 is 0 Å². The molecule has 0 atom stereocenters. The van der Waals surface area contributed by atoms with E-state index in [1.54, 1.807) is 0 Å². The van der Waals surface area contributed by atoms with Crippen LogP contribution in [0.3, 0.4) is 0 Å². The topological polar surface area (TPSA) is 71.8 Å². The Balaban J connectivity index is 0.000000583. The van der Waals surface area contributed by atoms with Crippen molar-refractivity contribution in [3.8, 4) is 0 Å². The number of rotatable bonds is 1. The first-order valence-electron chi connectivity index (χ1n) is 4.03. The van der Waals surface area contributed by atoms with Crippen LogP contribution >= 0.6 is 35.4 Å². The molecule has 0 aliphatic rings. The van der Waals surface area contributed by atoms with Gasteiger partial charge in [-0.05, 0) is 12.2 Å². The average Bonchev–Trinajstić information content (AvgIpc) is 2.01. The van der Waals surface area contributed by atoms with Crippen LogP contribution in [0.1, 0.15) is 20.3 Å². The maximum absolute atomic E-state index is 10.3. The molecule has 0 unspecified atom stereocenters. The van der Waals surface area contributed by atoms with Gasteiger partial charge in [0, 0.05) is 0 Å². The lowest BCUT2D eigenvalue weighted by atomic mass is 10.5. The van der Waals surface area contributed by atoms with Gasteiger partial charge in [0.25, 0.3) is 0 Å². The van der Waals surface area contributed by atoms with E-state index < -0.39 is 10.6 Å². The van der Waals surface area contributed by atoms with E-state index in [1.807, 2.05) is 0 Å². The SMILES string of the molecule is CCC.O=[N+]([O-])c1c(Cl)nc(=S)[nH]c1Cl. The molecule has 1 rings (SSSR count). The molecule has 1 aromatic rings.